The second-order valence-electron chi connectivity index (χ2n) is 6.31. The van der Waals surface area contributed by atoms with Crippen LogP contribution in [0.2, 0.25) is 0 Å². The maximum absolute atomic E-state index is 3.66. The quantitative estimate of drug-likeness (QED) is 0.767. The van der Waals surface area contributed by atoms with E-state index in [0.717, 1.165) is 17.4 Å². The Morgan fingerprint density at radius 3 is 2.75 bits per heavy atom. The van der Waals surface area contributed by atoms with Crippen LogP contribution in [0.5, 0.6) is 0 Å². The second kappa shape index (κ2) is 4.30. The molecule has 0 radical (unpaired) electrons. The third kappa shape index (κ3) is 2.28. The average Bonchev–Trinajstić information content (AvgIpc) is 3.13. The van der Waals surface area contributed by atoms with Crippen molar-refractivity contribution in [1.82, 2.24) is 10.2 Å². The van der Waals surface area contributed by atoms with Gasteiger partial charge in [-0.05, 0) is 43.4 Å². The van der Waals surface area contributed by atoms with E-state index in [1.807, 2.05) is 0 Å². The van der Waals surface area contributed by atoms with Crippen molar-refractivity contribution in [3.8, 4) is 0 Å². The molecule has 1 N–H and O–H groups in total. The van der Waals surface area contributed by atoms with Crippen molar-refractivity contribution in [2.75, 3.05) is 26.2 Å². The minimum atomic E-state index is 0.772. The van der Waals surface area contributed by atoms with Gasteiger partial charge in [0.25, 0.3) is 0 Å². The molecular formula is C14H26N2. The molecule has 2 saturated carbocycles. The standard InChI is InChI=1S/C14H26N2/c1-2-3-13-10-16(9-8-15-13)11-14(6-7-14)12-4-5-12/h12-13,15H,2-11H2,1H3. The van der Waals surface area contributed by atoms with Gasteiger partial charge < -0.3 is 5.32 Å². The Labute approximate surface area is 99.8 Å². The molecular weight excluding hydrogens is 196 g/mol. The summed E-state index contributed by atoms with van der Waals surface area (Å²) in [5.74, 6) is 1.12. The van der Waals surface area contributed by atoms with Crippen molar-refractivity contribution >= 4 is 0 Å². The zero-order valence-corrected chi connectivity index (χ0v) is 10.7. The summed E-state index contributed by atoms with van der Waals surface area (Å²) in [5.41, 5.74) is 0.800. The Balaban J connectivity index is 1.50. The first-order valence-corrected chi connectivity index (χ1v) is 7.28. The lowest BCUT2D eigenvalue weighted by molar-refractivity contribution is 0.152. The number of nitrogens with one attached hydrogen (secondary N) is 1. The molecule has 0 bridgehead atoms. The SMILES string of the molecule is CCCC1CN(CC2(C3CC3)CC2)CCN1. The largest absolute Gasteiger partial charge is 0.311 e. The summed E-state index contributed by atoms with van der Waals surface area (Å²) >= 11 is 0. The Morgan fingerprint density at radius 1 is 1.31 bits per heavy atom. The lowest BCUT2D eigenvalue weighted by Crippen LogP contribution is -2.52. The molecule has 1 atom stereocenters. The normalized spacial score (nSPS) is 33.9. The van der Waals surface area contributed by atoms with Crippen molar-refractivity contribution in [2.45, 2.75) is 51.5 Å². The molecule has 0 spiro atoms. The van der Waals surface area contributed by atoms with Crippen LogP contribution in [-0.4, -0.2) is 37.1 Å². The molecule has 1 saturated heterocycles. The van der Waals surface area contributed by atoms with E-state index in [1.165, 1.54) is 64.7 Å². The minimum absolute atomic E-state index is 0.772. The van der Waals surface area contributed by atoms with Gasteiger partial charge in [0, 0.05) is 32.2 Å². The predicted molar refractivity (Wildman–Crippen MR) is 67.5 cm³/mol. The summed E-state index contributed by atoms with van der Waals surface area (Å²) in [4.78, 5) is 2.75. The lowest BCUT2D eigenvalue weighted by atomic mass is 9.98. The van der Waals surface area contributed by atoms with Crippen molar-refractivity contribution in [2.24, 2.45) is 11.3 Å². The fraction of sp³-hybridized carbons (Fsp3) is 1.00. The fourth-order valence-electron chi connectivity index (χ4n) is 3.58. The van der Waals surface area contributed by atoms with E-state index < -0.39 is 0 Å². The number of hydrogen-bond acceptors (Lipinski definition) is 2. The van der Waals surface area contributed by atoms with Crippen molar-refractivity contribution < 1.29 is 0 Å². The molecule has 1 heterocycles. The van der Waals surface area contributed by atoms with Crippen LogP contribution < -0.4 is 5.32 Å². The van der Waals surface area contributed by atoms with Gasteiger partial charge in [-0.1, -0.05) is 13.3 Å². The third-order valence-electron chi connectivity index (χ3n) is 4.85. The van der Waals surface area contributed by atoms with E-state index in [1.54, 1.807) is 0 Å². The zero-order valence-electron chi connectivity index (χ0n) is 10.7. The zero-order chi connectivity index (χ0) is 11.0. The van der Waals surface area contributed by atoms with Gasteiger partial charge >= 0.3 is 0 Å². The molecule has 0 aromatic heterocycles. The van der Waals surface area contributed by atoms with Gasteiger partial charge in [-0.25, -0.2) is 0 Å². The first-order chi connectivity index (χ1) is 7.82. The van der Waals surface area contributed by atoms with Gasteiger partial charge in [0.2, 0.25) is 0 Å². The molecule has 0 aromatic rings. The molecule has 16 heavy (non-hydrogen) atoms. The fourth-order valence-corrected chi connectivity index (χ4v) is 3.58. The van der Waals surface area contributed by atoms with Gasteiger partial charge in [-0.2, -0.15) is 0 Å². The molecule has 2 nitrogen and oxygen atoms in total. The van der Waals surface area contributed by atoms with Gasteiger partial charge in [0.1, 0.15) is 0 Å². The van der Waals surface area contributed by atoms with Crippen molar-refractivity contribution in [1.29, 1.82) is 0 Å². The molecule has 2 heteroatoms. The van der Waals surface area contributed by atoms with E-state index in [9.17, 15) is 0 Å². The summed E-state index contributed by atoms with van der Waals surface area (Å²) in [6, 6.07) is 0.772. The van der Waals surface area contributed by atoms with Gasteiger partial charge in [0.05, 0.1) is 0 Å². The number of piperazine rings is 1. The van der Waals surface area contributed by atoms with E-state index >= 15 is 0 Å². The molecule has 3 aliphatic rings. The molecule has 0 aromatic carbocycles. The van der Waals surface area contributed by atoms with Crippen LogP contribution >= 0.6 is 0 Å². The van der Waals surface area contributed by atoms with Gasteiger partial charge in [-0.15, -0.1) is 0 Å². The second-order valence-corrected chi connectivity index (χ2v) is 6.31. The Morgan fingerprint density at radius 2 is 2.12 bits per heavy atom. The highest BCUT2D eigenvalue weighted by Crippen LogP contribution is 2.61. The topological polar surface area (TPSA) is 15.3 Å². The van der Waals surface area contributed by atoms with Crippen LogP contribution in [0, 0.1) is 11.3 Å². The van der Waals surface area contributed by atoms with Gasteiger partial charge in [0.15, 0.2) is 0 Å². The van der Waals surface area contributed by atoms with Crippen molar-refractivity contribution in [3.63, 3.8) is 0 Å². The van der Waals surface area contributed by atoms with Crippen molar-refractivity contribution in [3.05, 3.63) is 0 Å². The first-order valence-electron chi connectivity index (χ1n) is 7.28. The van der Waals surface area contributed by atoms with E-state index in [2.05, 4.69) is 17.1 Å². The van der Waals surface area contributed by atoms with Crippen LogP contribution in [0.25, 0.3) is 0 Å². The lowest BCUT2D eigenvalue weighted by Gasteiger charge is -2.36. The molecule has 1 aliphatic heterocycles. The highest BCUT2D eigenvalue weighted by atomic mass is 15.2. The van der Waals surface area contributed by atoms with E-state index in [-0.39, 0.29) is 0 Å². The molecule has 3 rings (SSSR count). The molecule has 2 aliphatic carbocycles. The Bertz CT molecular complexity index is 241. The van der Waals surface area contributed by atoms with Gasteiger partial charge in [-0.3, -0.25) is 4.90 Å². The molecule has 92 valence electrons. The predicted octanol–water partition coefficient (Wildman–Crippen LogP) is 2.25. The summed E-state index contributed by atoms with van der Waals surface area (Å²) in [7, 11) is 0. The Kier molecular flexibility index (Phi) is 2.97. The highest BCUT2D eigenvalue weighted by molar-refractivity contribution is 5.05. The monoisotopic (exact) mass is 222 g/mol. The maximum Gasteiger partial charge on any atom is 0.0195 e. The minimum Gasteiger partial charge on any atom is -0.311 e. The van der Waals surface area contributed by atoms with Crippen LogP contribution in [0.15, 0.2) is 0 Å². The summed E-state index contributed by atoms with van der Waals surface area (Å²) < 4.78 is 0. The third-order valence-corrected chi connectivity index (χ3v) is 4.85. The summed E-state index contributed by atoms with van der Waals surface area (Å²) in [5, 5.41) is 3.66. The number of hydrogen-bond donors (Lipinski definition) is 1. The smallest absolute Gasteiger partial charge is 0.0195 e. The maximum atomic E-state index is 3.66. The Hall–Kier alpha value is -0.0800. The summed E-state index contributed by atoms with van der Waals surface area (Å²) in [6.07, 6.45) is 8.79. The molecule has 3 fully saturated rings. The van der Waals surface area contributed by atoms with Crippen LogP contribution in [0.3, 0.4) is 0 Å². The van der Waals surface area contributed by atoms with E-state index in [0.29, 0.717) is 0 Å². The molecule has 0 amide bonds. The first kappa shape index (κ1) is 11.0. The van der Waals surface area contributed by atoms with Crippen LogP contribution in [0.1, 0.15) is 45.4 Å². The average molecular weight is 222 g/mol. The highest BCUT2D eigenvalue weighted by Gasteiger charge is 2.54. The molecule has 1 unspecified atom stereocenters. The van der Waals surface area contributed by atoms with Crippen LogP contribution in [-0.2, 0) is 0 Å². The number of nitrogens with zero attached hydrogens (tertiary/aromatic N) is 1. The summed E-state index contributed by atoms with van der Waals surface area (Å²) in [6.45, 7) is 7.52. The number of rotatable bonds is 5. The van der Waals surface area contributed by atoms with Crippen LogP contribution in [0.4, 0.5) is 0 Å². The van der Waals surface area contributed by atoms with E-state index in [4.69, 9.17) is 0 Å².